The Bertz CT molecular complexity index is 923. The third-order valence-corrected chi connectivity index (χ3v) is 5.94. The molecule has 0 aromatic heterocycles. The zero-order chi connectivity index (χ0) is 18.3. The van der Waals surface area contributed by atoms with Gasteiger partial charge in [-0.05, 0) is 42.2 Å². The number of thioether (sulfide) groups is 1. The van der Waals surface area contributed by atoms with Gasteiger partial charge in [0.25, 0.3) is 0 Å². The molecule has 0 saturated heterocycles. The van der Waals surface area contributed by atoms with E-state index in [1.54, 1.807) is 16.7 Å². The molecular formula is C20H16BrNO3S. The molecule has 2 aliphatic rings. The summed E-state index contributed by atoms with van der Waals surface area (Å²) in [4.78, 5) is 28.2. The Balaban J connectivity index is 1.80. The Morgan fingerprint density at radius 1 is 1.15 bits per heavy atom. The van der Waals surface area contributed by atoms with Crippen molar-refractivity contribution in [3.8, 4) is 0 Å². The van der Waals surface area contributed by atoms with Gasteiger partial charge in [-0.3, -0.25) is 9.69 Å². The van der Waals surface area contributed by atoms with Crippen molar-refractivity contribution in [1.82, 2.24) is 0 Å². The molecular weight excluding hydrogens is 414 g/mol. The highest BCUT2D eigenvalue weighted by atomic mass is 79.9. The molecule has 0 fully saturated rings. The lowest BCUT2D eigenvalue weighted by molar-refractivity contribution is -0.136. The molecule has 0 aliphatic carbocycles. The second-order valence-electron chi connectivity index (χ2n) is 6.18. The van der Waals surface area contributed by atoms with Gasteiger partial charge in [-0.1, -0.05) is 34.1 Å². The lowest BCUT2D eigenvalue weighted by atomic mass is 9.84. The van der Waals surface area contributed by atoms with E-state index in [-0.39, 0.29) is 30.8 Å². The van der Waals surface area contributed by atoms with Gasteiger partial charge in [0.05, 0.1) is 11.3 Å². The van der Waals surface area contributed by atoms with Crippen LogP contribution < -0.4 is 4.90 Å². The second-order valence-corrected chi connectivity index (χ2v) is 7.97. The number of ether oxygens (including phenoxy) is 1. The number of carbonyl (C=O) groups excluding carboxylic acids is 2. The summed E-state index contributed by atoms with van der Waals surface area (Å²) in [6.07, 6.45) is 2.27. The van der Waals surface area contributed by atoms with Crippen LogP contribution in [0.5, 0.6) is 0 Å². The van der Waals surface area contributed by atoms with Crippen LogP contribution in [0.2, 0.25) is 0 Å². The van der Waals surface area contributed by atoms with E-state index in [1.165, 1.54) is 0 Å². The number of hydrogen-bond acceptors (Lipinski definition) is 4. The molecule has 4 rings (SSSR count). The summed E-state index contributed by atoms with van der Waals surface area (Å²) in [5, 5.41) is 0. The van der Waals surface area contributed by atoms with Crippen molar-refractivity contribution in [2.24, 2.45) is 0 Å². The number of amides is 1. The Kier molecular flexibility index (Phi) is 4.63. The van der Waals surface area contributed by atoms with E-state index in [9.17, 15) is 9.59 Å². The molecule has 0 bridgehead atoms. The van der Waals surface area contributed by atoms with Crippen molar-refractivity contribution in [2.75, 3.05) is 17.8 Å². The molecule has 6 heteroatoms. The van der Waals surface area contributed by atoms with E-state index in [0.717, 1.165) is 20.6 Å². The van der Waals surface area contributed by atoms with Crippen LogP contribution in [0, 0.1) is 0 Å². The predicted molar refractivity (Wildman–Crippen MR) is 105 cm³/mol. The van der Waals surface area contributed by atoms with E-state index in [1.807, 2.05) is 54.8 Å². The summed E-state index contributed by atoms with van der Waals surface area (Å²) in [6, 6.07) is 15.5. The average molecular weight is 430 g/mol. The van der Waals surface area contributed by atoms with Crippen LogP contribution in [0.3, 0.4) is 0 Å². The molecule has 1 atom stereocenters. The van der Waals surface area contributed by atoms with Crippen LogP contribution in [-0.2, 0) is 14.3 Å². The molecule has 26 heavy (non-hydrogen) atoms. The molecule has 0 N–H and O–H groups in total. The topological polar surface area (TPSA) is 46.6 Å². The van der Waals surface area contributed by atoms with Gasteiger partial charge in [0, 0.05) is 27.4 Å². The van der Waals surface area contributed by atoms with Crippen LogP contribution in [0.15, 0.2) is 69.2 Å². The fraction of sp³-hybridized carbons (Fsp3) is 0.200. The summed E-state index contributed by atoms with van der Waals surface area (Å²) < 4.78 is 6.18. The van der Waals surface area contributed by atoms with E-state index < -0.39 is 0 Å². The van der Waals surface area contributed by atoms with Gasteiger partial charge in [0.15, 0.2) is 0 Å². The van der Waals surface area contributed by atoms with Crippen LogP contribution >= 0.6 is 27.7 Å². The number of esters is 1. The number of hydrogen-bond donors (Lipinski definition) is 0. The summed E-state index contributed by atoms with van der Waals surface area (Å²) in [5.74, 6) is -0.614. The molecule has 1 amide bonds. The first-order chi connectivity index (χ1) is 12.6. The first kappa shape index (κ1) is 17.4. The predicted octanol–water partition coefficient (Wildman–Crippen LogP) is 4.50. The lowest BCUT2D eigenvalue weighted by Gasteiger charge is -2.32. The zero-order valence-electron chi connectivity index (χ0n) is 14.1. The minimum atomic E-state index is -0.327. The Morgan fingerprint density at radius 3 is 2.62 bits per heavy atom. The summed E-state index contributed by atoms with van der Waals surface area (Å²) in [7, 11) is 0. The number of anilines is 1. The SMILES string of the molecule is CSc1ccc([C@@H]2CC(=O)N(c3cccc(Br)c3)C3=C2C(=O)OC3)cc1. The van der Waals surface area contributed by atoms with Gasteiger partial charge < -0.3 is 4.74 Å². The zero-order valence-corrected chi connectivity index (χ0v) is 16.5. The minimum Gasteiger partial charge on any atom is -0.456 e. The summed E-state index contributed by atoms with van der Waals surface area (Å²) in [5.41, 5.74) is 2.97. The van der Waals surface area contributed by atoms with Crippen LogP contribution in [0.1, 0.15) is 17.9 Å². The number of benzene rings is 2. The number of halogens is 1. The van der Waals surface area contributed by atoms with Crippen molar-refractivity contribution < 1.29 is 14.3 Å². The van der Waals surface area contributed by atoms with Crippen molar-refractivity contribution in [2.45, 2.75) is 17.2 Å². The van der Waals surface area contributed by atoms with Gasteiger partial charge in [0.1, 0.15) is 6.61 Å². The van der Waals surface area contributed by atoms with Crippen molar-refractivity contribution in [3.05, 3.63) is 69.8 Å². The normalized spacial score (nSPS) is 19.6. The number of nitrogens with zero attached hydrogens (tertiary/aromatic N) is 1. The second kappa shape index (κ2) is 6.93. The molecule has 0 unspecified atom stereocenters. The molecule has 2 aromatic carbocycles. The van der Waals surface area contributed by atoms with E-state index >= 15 is 0 Å². The molecule has 2 aromatic rings. The Labute approximate surface area is 164 Å². The summed E-state index contributed by atoms with van der Waals surface area (Å²) >= 11 is 5.10. The van der Waals surface area contributed by atoms with Gasteiger partial charge in [-0.25, -0.2) is 4.79 Å². The van der Waals surface area contributed by atoms with Gasteiger partial charge in [0.2, 0.25) is 5.91 Å². The first-order valence-corrected chi connectivity index (χ1v) is 10.2. The lowest BCUT2D eigenvalue weighted by Crippen LogP contribution is -2.37. The third-order valence-electron chi connectivity index (χ3n) is 4.70. The average Bonchev–Trinajstić information content (AvgIpc) is 3.02. The molecule has 132 valence electrons. The van der Waals surface area contributed by atoms with Gasteiger partial charge in [-0.15, -0.1) is 11.8 Å². The summed E-state index contributed by atoms with van der Waals surface area (Å²) in [6.45, 7) is 0.131. The van der Waals surface area contributed by atoms with E-state index in [4.69, 9.17) is 4.74 Å². The Hall–Kier alpha value is -2.05. The largest absolute Gasteiger partial charge is 0.456 e. The smallest absolute Gasteiger partial charge is 0.336 e. The van der Waals surface area contributed by atoms with E-state index in [2.05, 4.69) is 15.9 Å². The molecule has 0 saturated carbocycles. The first-order valence-electron chi connectivity index (χ1n) is 8.21. The number of rotatable bonds is 3. The molecule has 4 nitrogen and oxygen atoms in total. The maximum Gasteiger partial charge on any atom is 0.336 e. The fourth-order valence-electron chi connectivity index (χ4n) is 3.49. The molecule has 0 spiro atoms. The van der Waals surface area contributed by atoms with Gasteiger partial charge >= 0.3 is 5.97 Å². The van der Waals surface area contributed by atoms with E-state index in [0.29, 0.717) is 11.3 Å². The van der Waals surface area contributed by atoms with Crippen LogP contribution in [0.4, 0.5) is 5.69 Å². The highest BCUT2D eigenvalue weighted by Crippen LogP contribution is 2.42. The highest BCUT2D eigenvalue weighted by Gasteiger charge is 2.42. The standard InChI is InChI=1S/C20H16BrNO3S/c1-26-15-7-5-12(6-8-15)16-10-18(23)22(14-4-2-3-13(21)9-14)17-11-25-20(24)19(16)17/h2-9,16H,10-11H2,1H3/t16-/m0/s1. The number of carbonyl (C=O) groups is 2. The maximum atomic E-state index is 13.0. The third kappa shape index (κ3) is 2.97. The van der Waals surface area contributed by atoms with Crippen molar-refractivity contribution >= 4 is 45.3 Å². The minimum absolute atomic E-state index is 0.0286. The molecule has 2 heterocycles. The van der Waals surface area contributed by atoms with Crippen LogP contribution in [0.25, 0.3) is 0 Å². The van der Waals surface area contributed by atoms with Gasteiger partial charge in [-0.2, -0.15) is 0 Å². The van der Waals surface area contributed by atoms with Crippen LogP contribution in [-0.4, -0.2) is 24.7 Å². The fourth-order valence-corrected chi connectivity index (χ4v) is 4.29. The van der Waals surface area contributed by atoms with Crippen molar-refractivity contribution in [3.63, 3.8) is 0 Å². The monoisotopic (exact) mass is 429 g/mol. The highest BCUT2D eigenvalue weighted by molar-refractivity contribution is 9.10. The van der Waals surface area contributed by atoms with Crippen molar-refractivity contribution in [1.29, 1.82) is 0 Å². The Morgan fingerprint density at radius 2 is 1.92 bits per heavy atom. The number of cyclic esters (lactones) is 1. The quantitative estimate of drug-likeness (QED) is 0.532. The maximum absolute atomic E-state index is 13.0. The molecule has 2 aliphatic heterocycles. The molecule has 0 radical (unpaired) electrons.